The van der Waals surface area contributed by atoms with E-state index in [0.717, 1.165) is 16.3 Å². The number of benzene rings is 1. The lowest BCUT2D eigenvalue weighted by Gasteiger charge is -2.26. The quantitative estimate of drug-likeness (QED) is 0.617. The molecule has 1 N–H and O–H groups in total. The number of fused-ring (bicyclic) bond motifs is 1. The summed E-state index contributed by atoms with van der Waals surface area (Å²) in [5.41, 5.74) is 0.961. The number of thioether (sulfide) groups is 1. The monoisotopic (exact) mass is 413 g/mol. The maximum absolute atomic E-state index is 12.6. The lowest BCUT2D eigenvalue weighted by Crippen LogP contribution is -2.35. The molecule has 2 aromatic heterocycles. The lowest BCUT2D eigenvalue weighted by molar-refractivity contribution is -0.131. The Balaban J connectivity index is 1.31. The van der Waals surface area contributed by atoms with Crippen molar-refractivity contribution in [1.29, 1.82) is 0 Å². The fraction of sp³-hybridized carbons (Fsp3) is 0.250. The molecular formula is C20H19N3O3S2. The van der Waals surface area contributed by atoms with E-state index in [4.69, 9.17) is 4.42 Å². The van der Waals surface area contributed by atoms with Gasteiger partial charge in [0.15, 0.2) is 10.9 Å². The largest absolute Gasteiger partial charge is 0.459 e. The molecule has 1 aromatic carbocycles. The van der Waals surface area contributed by atoms with Crippen LogP contribution < -0.4 is 5.32 Å². The minimum Gasteiger partial charge on any atom is -0.459 e. The minimum absolute atomic E-state index is 0.156. The average molecular weight is 414 g/mol. The number of aromatic nitrogens is 1. The van der Waals surface area contributed by atoms with Gasteiger partial charge in [-0.15, -0.1) is 11.8 Å². The van der Waals surface area contributed by atoms with Gasteiger partial charge in [0.2, 0.25) is 5.91 Å². The number of amides is 2. The molecule has 4 rings (SSSR count). The van der Waals surface area contributed by atoms with Crippen molar-refractivity contribution < 1.29 is 14.0 Å². The molecule has 3 aromatic rings. The predicted molar refractivity (Wildman–Crippen MR) is 110 cm³/mol. The highest BCUT2D eigenvalue weighted by Crippen LogP contribution is 2.29. The van der Waals surface area contributed by atoms with Gasteiger partial charge < -0.3 is 9.32 Å². The number of hydrogen-bond acceptors (Lipinski definition) is 6. The fourth-order valence-electron chi connectivity index (χ4n) is 2.96. The Kier molecular flexibility index (Phi) is 5.78. The molecule has 0 saturated carbocycles. The summed E-state index contributed by atoms with van der Waals surface area (Å²) in [7, 11) is 0. The van der Waals surface area contributed by atoms with Crippen LogP contribution in [-0.4, -0.2) is 34.0 Å². The molecule has 0 bridgehead atoms. The van der Waals surface area contributed by atoms with E-state index in [-0.39, 0.29) is 17.6 Å². The molecule has 2 amide bonds. The van der Waals surface area contributed by atoms with Crippen molar-refractivity contribution in [3.8, 4) is 0 Å². The van der Waals surface area contributed by atoms with E-state index in [2.05, 4.69) is 22.4 Å². The number of rotatable bonds is 6. The summed E-state index contributed by atoms with van der Waals surface area (Å²) in [5, 5.41) is 3.31. The smallest absolute Gasteiger partial charge is 0.293 e. The Bertz CT molecular complexity index is 955. The minimum atomic E-state index is -0.318. The number of hydrogen-bond donors (Lipinski definition) is 1. The van der Waals surface area contributed by atoms with Gasteiger partial charge in [0.25, 0.3) is 5.91 Å². The van der Waals surface area contributed by atoms with Crippen LogP contribution in [0, 0.1) is 0 Å². The number of furan rings is 1. The normalized spacial score (nSPS) is 13.2. The summed E-state index contributed by atoms with van der Waals surface area (Å²) in [5.74, 6) is 0.853. The molecule has 144 valence electrons. The number of carbonyl (C=O) groups excluding carboxylic acids is 2. The van der Waals surface area contributed by atoms with E-state index in [1.165, 1.54) is 22.5 Å². The molecular weight excluding hydrogens is 394 g/mol. The third kappa shape index (κ3) is 4.45. The molecule has 0 radical (unpaired) electrons. The van der Waals surface area contributed by atoms with Crippen molar-refractivity contribution in [3.63, 3.8) is 0 Å². The van der Waals surface area contributed by atoms with Crippen molar-refractivity contribution in [2.75, 3.05) is 17.6 Å². The van der Waals surface area contributed by atoms with Crippen LogP contribution in [0.3, 0.4) is 0 Å². The van der Waals surface area contributed by atoms with Crippen LogP contribution in [0.15, 0.2) is 58.0 Å². The van der Waals surface area contributed by atoms with E-state index >= 15 is 0 Å². The Morgan fingerprint density at radius 2 is 2.07 bits per heavy atom. The molecule has 0 saturated heterocycles. The van der Waals surface area contributed by atoms with E-state index < -0.39 is 0 Å². The van der Waals surface area contributed by atoms with Crippen LogP contribution in [0.25, 0.3) is 0 Å². The highest BCUT2D eigenvalue weighted by Gasteiger charge is 2.24. The second-order valence-corrected chi connectivity index (χ2v) is 8.55. The molecule has 0 atom stereocenters. The van der Waals surface area contributed by atoms with Gasteiger partial charge in [-0.2, -0.15) is 0 Å². The van der Waals surface area contributed by atoms with Crippen LogP contribution in [0.2, 0.25) is 0 Å². The van der Waals surface area contributed by atoms with Gasteiger partial charge in [-0.25, -0.2) is 4.98 Å². The van der Waals surface area contributed by atoms with Crippen LogP contribution in [-0.2, 0) is 17.8 Å². The molecule has 1 aliphatic heterocycles. The second-order valence-electron chi connectivity index (χ2n) is 6.30. The van der Waals surface area contributed by atoms with Gasteiger partial charge in [0.1, 0.15) is 0 Å². The van der Waals surface area contributed by atoms with Gasteiger partial charge in [-0.05, 0) is 24.3 Å². The van der Waals surface area contributed by atoms with E-state index in [1.54, 1.807) is 23.9 Å². The number of nitrogens with one attached hydrogen (secondary N) is 1. The van der Waals surface area contributed by atoms with Crippen molar-refractivity contribution in [1.82, 2.24) is 9.88 Å². The van der Waals surface area contributed by atoms with Gasteiger partial charge in [-0.1, -0.05) is 29.5 Å². The summed E-state index contributed by atoms with van der Waals surface area (Å²) < 4.78 is 5.10. The number of anilines is 1. The molecule has 0 aliphatic carbocycles. The van der Waals surface area contributed by atoms with Crippen LogP contribution in [0.4, 0.5) is 5.13 Å². The zero-order valence-corrected chi connectivity index (χ0v) is 16.7. The molecule has 6 nitrogen and oxygen atoms in total. The maximum Gasteiger partial charge on any atom is 0.293 e. The number of carbonyl (C=O) groups is 2. The summed E-state index contributed by atoms with van der Waals surface area (Å²) in [4.78, 5) is 33.2. The highest BCUT2D eigenvalue weighted by molar-refractivity contribution is 7.99. The standard InChI is InChI=1S/C20H19N3O3S2/c24-18(9-12-27-14-5-2-1-3-6-14)23-10-8-15-17(13-23)28-20(21-15)22-19(25)16-7-4-11-26-16/h1-7,11H,8-10,12-13H2,(H,21,22,25). The van der Waals surface area contributed by atoms with Gasteiger partial charge in [-0.3, -0.25) is 14.9 Å². The Morgan fingerprint density at radius 3 is 2.86 bits per heavy atom. The summed E-state index contributed by atoms with van der Waals surface area (Å²) in [6, 6.07) is 13.4. The molecule has 1 aliphatic rings. The summed E-state index contributed by atoms with van der Waals surface area (Å²) in [6.07, 6.45) is 2.68. The van der Waals surface area contributed by atoms with Crippen molar-refractivity contribution >= 4 is 40.0 Å². The molecule has 3 heterocycles. The predicted octanol–water partition coefficient (Wildman–Crippen LogP) is 4.06. The second kappa shape index (κ2) is 8.62. The molecule has 28 heavy (non-hydrogen) atoms. The maximum atomic E-state index is 12.6. The lowest BCUT2D eigenvalue weighted by atomic mass is 10.1. The molecule has 8 heteroatoms. The van der Waals surface area contributed by atoms with Crippen LogP contribution in [0.1, 0.15) is 27.5 Å². The molecule has 0 fully saturated rings. The molecule has 0 spiro atoms. The molecule has 0 unspecified atom stereocenters. The third-order valence-electron chi connectivity index (χ3n) is 4.38. The fourth-order valence-corrected chi connectivity index (χ4v) is 4.84. The number of nitrogens with zero attached hydrogens (tertiary/aromatic N) is 2. The summed E-state index contributed by atoms with van der Waals surface area (Å²) >= 11 is 3.11. The number of thiazole rings is 1. The first-order chi connectivity index (χ1) is 13.7. The first-order valence-electron chi connectivity index (χ1n) is 8.98. The zero-order valence-electron chi connectivity index (χ0n) is 15.1. The zero-order chi connectivity index (χ0) is 19.3. The Labute approximate surface area is 171 Å². The highest BCUT2D eigenvalue weighted by atomic mass is 32.2. The third-order valence-corrected chi connectivity index (χ3v) is 6.39. The van der Waals surface area contributed by atoms with E-state index in [1.807, 2.05) is 23.1 Å². The van der Waals surface area contributed by atoms with Gasteiger partial charge >= 0.3 is 0 Å². The Hall–Kier alpha value is -2.58. The van der Waals surface area contributed by atoms with Gasteiger partial charge in [0.05, 0.1) is 18.5 Å². The Morgan fingerprint density at radius 1 is 1.21 bits per heavy atom. The van der Waals surface area contributed by atoms with Crippen molar-refractivity contribution in [3.05, 3.63) is 65.1 Å². The summed E-state index contributed by atoms with van der Waals surface area (Å²) in [6.45, 7) is 1.22. The van der Waals surface area contributed by atoms with E-state index in [9.17, 15) is 9.59 Å². The first-order valence-corrected chi connectivity index (χ1v) is 10.8. The average Bonchev–Trinajstić information content (AvgIpc) is 3.37. The van der Waals surface area contributed by atoms with Crippen molar-refractivity contribution in [2.24, 2.45) is 0 Å². The van der Waals surface area contributed by atoms with Crippen LogP contribution in [0.5, 0.6) is 0 Å². The van der Waals surface area contributed by atoms with Crippen molar-refractivity contribution in [2.45, 2.75) is 24.3 Å². The first kappa shape index (κ1) is 18.8. The SMILES string of the molecule is O=C(Nc1nc2c(s1)CN(C(=O)CCSc1ccccc1)CC2)c1ccco1. The topological polar surface area (TPSA) is 75.4 Å². The van der Waals surface area contributed by atoms with Gasteiger partial charge in [0, 0.05) is 34.9 Å². The van der Waals surface area contributed by atoms with E-state index in [0.29, 0.717) is 31.1 Å². The van der Waals surface area contributed by atoms with Crippen LogP contribution >= 0.6 is 23.1 Å².